The third-order valence-electron chi connectivity index (χ3n) is 4.01. The molecule has 1 fully saturated rings. The fraction of sp³-hybridized carbons (Fsp3) is 0.294. The van der Waals surface area contributed by atoms with Crippen molar-refractivity contribution >= 4 is 28.9 Å². The van der Waals surface area contributed by atoms with Crippen molar-refractivity contribution in [3.8, 4) is 0 Å². The normalized spacial score (nSPS) is 14.4. The molecule has 4 nitrogen and oxygen atoms in total. The second-order valence-corrected chi connectivity index (χ2v) is 6.60. The van der Waals surface area contributed by atoms with Crippen molar-refractivity contribution in [2.45, 2.75) is 19.3 Å². The summed E-state index contributed by atoms with van der Waals surface area (Å²) in [7, 11) is 0. The van der Waals surface area contributed by atoms with E-state index in [9.17, 15) is 9.59 Å². The zero-order chi connectivity index (χ0) is 15.5. The van der Waals surface area contributed by atoms with Gasteiger partial charge in [-0.05, 0) is 43.0 Å². The smallest absolute Gasteiger partial charge is 0.345 e. The molecular formula is C17H17NO3S. The lowest BCUT2D eigenvalue weighted by atomic mass is 9.85. The molecule has 1 aliphatic carbocycles. The number of para-hydroxylation sites is 1. The SMILES string of the molecule is O=C(O)c1ccc(C(=O)N(CC2CCC2)c2ccccc2)s1. The van der Waals surface area contributed by atoms with Gasteiger partial charge in [0.05, 0.1) is 4.88 Å². The Labute approximate surface area is 133 Å². The van der Waals surface area contributed by atoms with Gasteiger partial charge in [0.2, 0.25) is 0 Å². The quantitative estimate of drug-likeness (QED) is 0.910. The van der Waals surface area contributed by atoms with Gasteiger partial charge in [-0.15, -0.1) is 11.3 Å². The molecule has 3 rings (SSSR count). The van der Waals surface area contributed by atoms with Gasteiger partial charge in [-0.1, -0.05) is 24.6 Å². The van der Waals surface area contributed by atoms with Crippen LogP contribution in [0.1, 0.15) is 38.6 Å². The molecule has 1 heterocycles. The average molecular weight is 315 g/mol. The summed E-state index contributed by atoms with van der Waals surface area (Å²) in [4.78, 5) is 26.2. The van der Waals surface area contributed by atoms with Crippen LogP contribution in [-0.4, -0.2) is 23.5 Å². The van der Waals surface area contributed by atoms with E-state index < -0.39 is 5.97 Å². The van der Waals surface area contributed by atoms with E-state index >= 15 is 0 Å². The Morgan fingerprint density at radius 2 is 1.77 bits per heavy atom. The monoisotopic (exact) mass is 315 g/mol. The topological polar surface area (TPSA) is 57.6 Å². The summed E-state index contributed by atoms with van der Waals surface area (Å²) in [6.45, 7) is 0.698. The van der Waals surface area contributed by atoms with Gasteiger partial charge in [-0.2, -0.15) is 0 Å². The molecule has 0 bridgehead atoms. The van der Waals surface area contributed by atoms with E-state index in [4.69, 9.17) is 5.11 Å². The molecule has 1 aliphatic rings. The van der Waals surface area contributed by atoms with Crippen LogP contribution in [0, 0.1) is 5.92 Å². The number of hydrogen-bond donors (Lipinski definition) is 1. The van der Waals surface area contributed by atoms with Crippen molar-refractivity contribution in [2.75, 3.05) is 11.4 Å². The predicted molar refractivity (Wildman–Crippen MR) is 86.7 cm³/mol. The van der Waals surface area contributed by atoms with E-state index in [1.54, 1.807) is 11.0 Å². The van der Waals surface area contributed by atoms with Crippen molar-refractivity contribution in [2.24, 2.45) is 5.92 Å². The first kappa shape index (κ1) is 14.8. The molecule has 114 valence electrons. The van der Waals surface area contributed by atoms with Crippen molar-refractivity contribution in [3.63, 3.8) is 0 Å². The number of carboxylic acids is 1. The summed E-state index contributed by atoms with van der Waals surface area (Å²) in [6, 6.07) is 12.7. The van der Waals surface area contributed by atoms with Gasteiger partial charge in [0.1, 0.15) is 4.88 Å². The second-order valence-electron chi connectivity index (χ2n) is 5.52. The minimum absolute atomic E-state index is 0.115. The molecule has 22 heavy (non-hydrogen) atoms. The highest BCUT2D eigenvalue weighted by Gasteiger charge is 2.26. The maximum atomic E-state index is 12.8. The third-order valence-corrected chi connectivity index (χ3v) is 5.07. The highest BCUT2D eigenvalue weighted by Crippen LogP contribution is 2.30. The van der Waals surface area contributed by atoms with Crippen molar-refractivity contribution in [3.05, 3.63) is 52.2 Å². The Bertz CT molecular complexity index is 676. The van der Waals surface area contributed by atoms with Crippen LogP contribution in [-0.2, 0) is 0 Å². The Kier molecular flexibility index (Phi) is 4.24. The maximum Gasteiger partial charge on any atom is 0.345 e. The van der Waals surface area contributed by atoms with Crippen LogP contribution in [0.3, 0.4) is 0 Å². The molecule has 0 saturated heterocycles. The number of benzene rings is 1. The third kappa shape index (κ3) is 3.04. The molecule has 1 aromatic carbocycles. The number of carboxylic acid groups (broad SMARTS) is 1. The van der Waals surface area contributed by atoms with Crippen LogP contribution in [0.4, 0.5) is 5.69 Å². The van der Waals surface area contributed by atoms with Gasteiger partial charge in [-0.3, -0.25) is 4.79 Å². The number of thiophene rings is 1. The van der Waals surface area contributed by atoms with Gasteiger partial charge < -0.3 is 10.0 Å². The average Bonchev–Trinajstić information content (AvgIpc) is 2.96. The highest BCUT2D eigenvalue weighted by molar-refractivity contribution is 7.16. The lowest BCUT2D eigenvalue weighted by Gasteiger charge is -2.32. The molecule has 1 amide bonds. The summed E-state index contributed by atoms with van der Waals surface area (Å²) in [6.07, 6.45) is 3.53. The van der Waals surface area contributed by atoms with E-state index in [-0.39, 0.29) is 10.8 Å². The van der Waals surface area contributed by atoms with Gasteiger partial charge in [0.25, 0.3) is 5.91 Å². The Balaban J connectivity index is 1.86. The number of nitrogens with zero attached hydrogens (tertiary/aromatic N) is 1. The lowest BCUT2D eigenvalue weighted by molar-refractivity contribution is 0.0702. The van der Waals surface area contributed by atoms with E-state index in [0.717, 1.165) is 29.9 Å². The number of amides is 1. The maximum absolute atomic E-state index is 12.8. The van der Waals surface area contributed by atoms with Crippen LogP contribution in [0.25, 0.3) is 0 Å². The van der Waals surface area contributed by atoms with E-state index in [2.05, 4.69) is 0 Å². The second kappa shape index (κ2) is 6.32. The van der Waals surface area contributed by atoms with E-state index in [1.807, 2.05) is 30.3 Å². The number of rotatable bonds is 5. The first-order chi connectivity index (χ1) is 10.6. The number of anilines is 1. The largest absolute Gasteiger partial charge is 0.477 e. The highest BCUT2D eigenvalue weighted by atomic mass is 32.1. The van der Waals surface area contributed by atoms with Crippen molar-refractivity contribution < 1.29 is 14.7 Å². The summed E-state index contributed by atoms with van der Waals surface area (Å²) in [5.41, 5.74) is 0.865. The van der Waals surface area contributed by atoms with Crippen LogP contribution in [0.15, 0.2) is 42.5 Å². The molecule has 0 radical (unpaired) electrons. The summed E-state index contributed by atoms with van der Waals surface area (Å²) < 4.78 is 0. The van der Waals surface area contributed by atoms with Gasteiger partial charge in [0.15, 0.2) is 0 Å². The Morgan fingerprint density at radius 1 is 1.09 bits per heavy atom. The molecule has 1 N–H and O–H groups in total. The molecule has 1 saturated carbocycles. The lowest BCUT2D eigenvalue weighted by Crippen LogP contribution is -2.37. The van der Waals surface area contributed by atoms with E-state index in [1.165, 1.54) is 12.5 Å². The molecule has 5 heteroatoms. The van der Waals surface area contributed by atoms with Crippen LogP contribution in [0.2, 0.25) is 0 Å². The first-order valence-electron chi connectivity index (χ1n) is 7.35. The van der Waals surface area contributed by atoms with E-state index in [0.29, 0.717) is 17.3 Å². The van der Waals surface area contributed by atoms with Gasteiger partial charge in [0, 0.05) is 12.2 Å². The van der Waals surface area contributed by atoms with Crippen molar-refractivity contribution in [1.82, 2.24) is 0 Å². The number of carbonyl (C=O) groups is 2. The van der Waals surface area contributed by atoms with Crippen molar-refractivity contribution in [1.29, 1.82) is 0 Å². The summed E-state index contributed by atoms with van der Waals surface area (Å²) >= 11 is 1.03. The Morgan fingerprint density at radius 3 is 2.32 bits per heavy atom. The predicted octanol–water partition coefficient (Wildman–Crippen LogP) is 3.89. The molecule has 0 atom stereocenters. The molecule has 0 unspecified atom stereocenters. The molecule has 2 aromatic rings. The summed E-state index contributed by atoms with van der Waals surface area (Å²) in [5.74, 6) is -0.562. The molecule has 0 spiro atoms. The zero-order valence-corrected chi connectivity index (χ0v) is 12.9. The standard InChI is InChI=1S/C17H17NO3S/c19-16(14-9-10-15(22-14)17(20)21)18(11-12-5-4-6-12)13-7-2-1-3-8-13/h1-3,7-10,12H,4-6,11H2,(H,20,21). The zero-order valence-electron chi connectivity index (χ0n) is 12.1. The van der Waals surface area contributed by atoms with Crippen LogP contribution >= 0.6 is 11.3 Å². The van der Waals surface area contributed by atoms with Crippen LogP contribution in [0.5, 0.6) is 0 Å². The first-order valence-corrected chi connectivity index (χ1v) is 8.17. The number of hydrogen-bond acceptors (Lipinski definition) is 3. The Hall–Kier alpha value is -2.14. The van der Waals surface area contributed by atoms with Gasteiger partial charge >= 0.3 is 5.97 Å². The fourth-order valence-electron chi connectivity index (χ4n) is 2.55. The summed E-state index contributed by atoms with van der Waals surface area (Å²) in [5, 5.41) is 9.01. The minimum atomic E-state index is -0.991. The molecule has 1 aromatic heterocycles. The van der Waals surface area contributed by atoms with Gasteiger partial charge in [-0.25, -0.2) is 4.79 Å². The molecular weight excluding hydrogens is 298 g/mol. The number of aromatic carboxylic acids is 1. The fourth-order valence-corrected chi connectivity index (χ4v) is 3.34. The van der Waals surface area contributed by atoms with Crippen LogP contribution < -0.4 is 4.90 Å². The molecule has 0 aliphatic heterocycles. The number of carbonyl (C=O) groups excluding carboxylic acids is 1. The minimum Gasteiger partial charge on any atom is -0.477 e.